The standard InChI is InChI=1S/C26H25ClN2O3/c1-5-24-25(17-6-10-19(30-2)11-7-17)28-26(22-15-14-21(32-4)16-23(22)27)29(24)18-8-12-20(31-3)13-9-18/h6-16H,5H2,1-4H3. The third-order valence-electron chi connectivity index (χ3n) is 5.42. The zero-order valence-corrected chi connectivity index (χ0v) is 19.3. The molecule has 0 N–H and O–H groups in total. The van der Waals surface area contributed by atoms with E-state index < -0.39 is 0 Å². The summed E-state index contributed by atoms with van der Waals surface area (Å²) in [5.74, 6) is 3.07. The lowest BCUT2D eigenvalue weighted by molar-refractivity contribution is 0.414. The Hall–Kier alpha value is -3.44. The van der Waals surface area contributed by atoms with Crippen LogP contribution in [0.15, 0.2) is 66.7 Å². The summed E-state index contributed by atoms with van der Waals surface area (Å²) in [5, 5.41) is 0.577. The minimum Gasteiger partial charge on any atom is -0.497 e. The molecule has 0 spiro atoms. The number of aromatic nitrogens is 2. The fourth-order valence-electron chi connectivity index (χ4n) is 3.75. The summed E-state index contributed by atoms with van der Waals surface area (Å²) in [5.41, 5.74) is 4.82. The first kappa shape index (κ1) is 21.8. The number of imidazole rings is 1. The largest absolute Gasteiger partial charge is 0.497 e. The summed E-state index contributed by atoms with van der Waals surface area (Å²) in [6.45, 7) is 2.13. The number of nitrogens with zero attached hydrogens (tertiary/aromatic N) is 2. The van der Waals surface area contributed by atoms with E-state index in [1.54, 1.807) is 21.3 Å². The first-order chi connectivity index (χ1) is 15.6. The molecule has 0 aliphatic rings. The van der Waals surface area contributed by atoms with Crippen LogP contribution in [0.25, 0.3) is 28.3 Å². The Labute approximate surface area is 193 Å². The Morgan fingerprint density at radius 2 is 1.34 bits per heavy atom. The van der Waals surface area contributed by atoms with Gasteiger partial charge in [0, 0.05) is 16.8 Å². The minimum atomic E-state index is 0.577. The monoisotopic (exact) mass is 448 g/mol. The van der Waals surface area contributed by atoms with Gasteiger partial charge in [-0.2, -0.15) is 0 Å². The lowest BCUT2D eigenvalue weighted by Crippen LogP contribution is -2.03. The fourth-order valence-corrected chi connectivity index (χ4v) is 4.01. The van der Waals surface area contributed by atoms with Crippen LogP contribution in [0.1, 0.15) is 12.6 Å². The van der Waals surface area contributed by atoms with Gasteiger partial charge in [-0.25, -0.2) is 4.98 Å². The molecule has 0 bridgehead atoms. The van der Waals surface area contributed by atoms with E-state index in [0.717, 1.165) is 51.9 Å². The molecule has 0 saturated carbocycles. The van der Waals surface area contributed by atoms with Gasteiger partial charge in [0.1, 0.15) is 23.1 Å². The highest BCUT2D eigenvalue weighted by molar-refractivity contribution is 6.33. The average Bonchev–Trinajstić information content (AvgIpc) is 3.23. The molecule has 3 aromatic carbocycles. The van der Waals surface area contributed by atoms with Crippen molar-refractivity contribution in [1.82, 2.24) is 9.55 Å². The van der Waals surface area contributed by atoms with Gasteiger partial charge in [-0.05, 0) is 73.2 Å². The Morgan fingerprint density at radius 3 is 1.88 bits per heavy atom. The maximum atomic E-state index is 6.67. The third-order valence-corrected chi connectivity index (χ3v) is 5.73. The molecule has 5 nitrogen and oxygen atoms in total. The molecular weight excluding hydrogens is 424 g/mol. The van der Waals surface area contributed by atoms with Gasteiger partial charge >= 0.3 is 0 Å². The van der Waals surface area contributed by atoms with Gasteiger partial charge in [0.2, 0.25) is 0 Å². The molecule has 4 rings (SSSR count). The lowest BCUT2D eigenvalue weighted by Gasteiger charge is -2.14. The molecular formula is C26H25ClN2O3. The number of rotatable bonds is 7. The van der Waals surface area contributed by atoms with Crippen molar-refractivity contribution in [2.24, 2.45) is 0 Å². The fraction of sp³-hybridized carbons (Fsp3) is 0.192. The first-order valence-electron chi connectivity index (χ1n) is 10.3. The van der Waals surface area contributed by atoms with Crippen molar-refractivity contribution in [3.63, 3.8) is 0 Å². The predicted molar refractivity (Wildman–Crippen MR) is 128 cm³/mol. The lowest BCUT2D eigenvalue weighted by atomic mass is 10.1. The van der Waals surface area contributed by atoms with Gasteiger partial charge in [-0.15, -0.1) is 0 Å². The van der Waals surface area contributed by atoms with Crippen molar-refractivity contribution in [3.8, 4) is 45.6 Å². The number of benzene rings is 3. The van der Waals surface area contributed by atoms with Crippen LogP contribution in [-0.2, 0) is 6.42 Å². The Bertz CT molecular complexity index is 1220. The van der Waals surface area contributed by atoms with Crippen molar-refractivity contribution >= 4 is 11.6 Å². The predicted octanol–water partition coefficient (Wildman–Crippen LogP) is 6.45. The summed E-state index contributed by atoms with van der Waals surface area (Å²) in [6.07, 6.45) is 0.786. The van der Waals surface area contributed by atoms with Gasteiger partial charge in [-0.3, -0.25) is 4.57 Å². The van der Waals surface area contributed by atoms with Gasteiger partial charge < -0.3 is 14.2 Å². The molecule has 0 aliphatic heterocycles. The van der Waals surface area contributed by atoms with Crippen molar-refractivity contribution in [3.05, 3.63) is 77.4 Å². The SMILES string of the molecule is CCc1c(-c2ccc(OC)cc2)nc(-c2ccc(OC)cc2Cl)n1-c1ccc(OC)cc1. The van der Waals surface area contributed by atoms with E-state index in [1.807, 2.05) is 66.7 Å². The van der Waals surface area contributed by atoms with Gasteiger partial charge in [0.15, 0.2) is 0 Å². The van der Waals surface area contributed by atoms with Crippen LogP contribution >= 0.6 is 11.6 Å². The van der Waals surface area contributed by atoms with Gasteiger partial charge in [0.25, 0.3) is 0 Å². The zero-order valence-electron chi connectivity index (χ0n) is 18.6. The van der Waals surface area contributed by atoms with Crippen molar-refractivity contribution in [1.29, 1.82) is 0 Å². The maximum Gasteiger partial charge on any atom is 0.146 e. The van der Waals surface area contributed by atoms with Crippen LogP contribution in [0, 0.1) is 0 Å². The Kier molecular flexibility index (Phi) is 6.37. The van der Waals surface area contributed by atoms with Crippen LogP contribution < -0.4 is 14.2 Å². The molecule has 0 atom stereocenters. The highest BCUT2D eigenvalue weighted by Crippen LogP contribution is 2.37. The van der Waals surface area contributed by atoms with Gasteiger partial charge in [-0.1, -0.05) is 18.5 Å². The molecule has 0 fully saturated rings. The normalized spacial score (nSPS) is 10.8. The highest BCUT2D eigenvalue weighted by atomic mass is 35.5. The molecule has 6 heteroatoms. The van der Waals surface area contributed by atoms with E-state index in [-0.39, 0.29) is 0 Å². The third kappa shape index (κ3) is 4.04. The Morgan fingerprint density at radius 1 is 0.781 bits per heavy atom. The van der Waals surface area contributed by atoms with Gasteiger partial charge in [0.05, 0.1) is 37.7 Å². The summed E-state index contributed by atoms with van der Waals surface area (Å²) in [6, 6.07) is 21.5. The van der Waals surface area contributed by atoms with Crippen LogP contribution in [0.3, 0.4) is 0 Å². The van der Waals surface area contributed by atoms with Crippen molar-refractivity contribution in [2.45, 2.75) is 13.3 Å². The van der Waals surface area contributed by atoms with Crippen molar-refractivity contribution < 1.29 is 14.2 Å². The summed E-state index contributed by atoms with van der Waals surface area (Å²) < 4.78 is 18.2. The molecule has 1 aromatic heterocycles. The topological polar surface area (TPSA) is 45.5 Å². The minimum absolute atomic E-state index is 0.577. The van der Waals surface area contributed by atoms with E-state index in [9.17, 15) is 0 Å². The molecule has 1 heterocycles. The van der Waals surface area contributed by atoms with Crippen LogP contribution in [-0.4, -0.2) is 30.9 Å². The van der Waals surface area contributed by atoms with E-state index in [2.05, 4.69) is 11.5 Å². The molecule has 0 unspecified atom stereocenters. The number of hydrogen-bond acceptors (Lipinski definition) is 4. The van der Waals surface area contributed by atoms with E-state index in [1.165, 1.54) is 0 Å². The summed E-state index contributed by atoms with van der Waals surface area (Å²) >= 11 is 6.67. The molecule has 0 aliphatic carbocycles. The quantitative estimate of drug-likeness (QED) is 0.326. The Balaban J connectivity index is 1.96. The molecule has 164 valence electrons. The van der Waals surface area contributed by atoms with Crippen LogP contribution in [0.5, 0.6) is 17.2 Å². The maximum absolute atomic E-state index is 6.67. The van der Waals surface area contributed by atoms with E-state index >= 15 is 0 Å². The highest BCUT2D eigenvalue weighted by Gasteiger charge is 2.21. The smallest absolute Gasteiger partial charge is 0.146 e. The van der Waals surface area contributed by atoms with Crippen LogP contribution in [0.2, 0.25) is 5.02 Å². The van der Waals surface area contributed by atoms with E-state index in [4.69, 9.17) is 30.8 Å². The average molecular weight is 449 g/mol. The zero-order chi connectivity index (χ0) is 22.7. The number of halogens is 1. The summed E-state index contributed by atoms with van der Waals surface area (Å²) in [4.78, 5) is 5.08. The molecule has 0 saturated heterocycles. The van der Waals surface area contributed by atoms with E-state index in [0.29, 0.717) is 10.8 Å². The molecule has 32 heavy (non-hydrogen) atoms. The van der Waals surface area contributed by atoms with Crippen LogP contribution in [0.4, 0.5) is 0 Å². The molecule has 0 radical (unpaired) electrons. The molecule has 0 amide bonds. The second kappa shape index (κ2) is 9.37. The number of ether oxygens (including phenoxy) is 3. The second-order valence-electron chi connectivity index (χ2n) is 7.19. The molecule has 4 aromatic rings. The number of hydrogen-bond donors (Lipinski definition) is 0. The summed E-state index contributed by atoms with van der Waals surface area (Å²) in [7, 11) is 4.95. The second-order valence-corrected chi connectivity index (χ2v) is 7.60. The number of methoxy groups -OCH3 is 3. The van der Waals surface area contributed by atoms with Crippen molar-refractivity contribution in [2.75, 3.05) is 21.3 Å². The first-order valence-corrected chi connectivity index (χ1v) is 10.7.